The first kappa shape index (κ1) is 16.5. The number of nitrogens with zero attached hydrogens (tertiary/aromatic N) is 4. The van der Waals surface area contributed by atoms with Crippen molar-refractivity contribution < 1.29 is 4.79 Å². The molecule has 1 aromatic carbocycles. The van der Waals surface area contributed by atoms with Crippen molar-refractivity contribution in [3.63, 3.8) is 0 Å². The van der Waals surface area contributed by atoms with Crippen LogP contribution in [0, 0.1) is 0 Å². The number of nitrogens with one attached hydrogen (secondary N) is 2. The number of benzene rings is 1. The van der Waals surface area contributed by atoms with Crippen LogP contribution in [-0.2, 0) is 6.42 Å². The highest BCUT2D eigenvalue weighted by molar-refractivity contribution is 6.00. The number of aromatic nitrogens is 5. The van der Waals surface area contributed by atoms with Gasteiger partial charge in [-0.2, -0.15) is 10.2 Å². The van der Waals surface area contributed by atoms with Crippen molar-refractivity contribution >= 4 is 5.91 Å². The van der Waals surface area contributed by atoms with Crippen molar-refractivity contribution in [3.05, 3.63) is 53.6 Å². The fourth-order valence-corrected chi connectivity index (χ4v) is 3.74. The number of carbonyl (C=O) groups is 1. The van der Waals surface area contributed by atoms with Crippen LogP contribution in [-0.4, -0.2) is 49.3 Å². The maximum atomic E-state index is 13.2. The molecule has 4 rings (SSSR count). The fraction of sp³-hybridized carbons (Fsp3) is 0.368. The molecule has 1 amide bonds. The smallest absolute Gasteiger partial charge is 0.254 e. The first-order chi connectivity index (χ1) is 12.8. The first-order valence-corrected chi connectivity index (χ1v) is 9.04. The molecule has 0 radical (unpaired) electrons. The van der Waals surface area contributed by atoms with Crippen LogP contribution in [0.25, 0.3) is 11.4 Å². The molecule has 7 heteroatoms. The molecule has 0 unspecified atom stereocenters. The van der Waals surface area contributed by atoms with E-state index in [2.05, 4.69) is 32.3 Å². The van der Waals surface area contributed by atoms with E-state index in [1.807, 2.05) is 35.4 Å². The van der Waals surface area contributed by atoms with Crippen molar-refractivity contribution in [2.75, 3.05) is 13.1 Å². The van der Waals surface area contributed by atoms with Gasteiger partial charge in [-0.15, -0.1) is 0 Å². The number of H-pyrrole nitrogens is 2. The minimum Gasteiger partial charge on any atom is -0.338 e. The molecule has 1 atom stereocenters. The van der Waals surface area contributed by atoms with Crippen molar-refractivity contribution in [2.24, 2.45) is 0 Å². The molecule has 0 aliphatic carbocycles. The standard InChI is InChI=1S/C19H22N6O/c1-2-13-10-21-23-17(13)14-6-5-9-25(11-14)19(26)16-8-4-3-7-15(16)18-20-12-22-24-18/h3-4,7-8,10,12,14H,2,5-6,9,11H2,1H3,(H,21,23)(H,20,22,24)/t14-/m0/s1. The fourth-order valence-electron chi connectivity index (χ4n) is 3.74. The molecule has 1 fully saturated rings. The number of rotatable bonds is 4. The normalized spacial score (nSPS) is 17.4. The highest BCUT2D eigenvalue weighted by Gasteiger charge is 2.28. The molecule has 2 aromatic heterocycles. The summed E-state index contributed by atoms with van der Waals surface area (Å²) in [6.07, 6.45) is 6.36. The Morgan fingerprint density at radius 3 is 2.96 bits per heavy atom. The van der Waals surface area contributed by atoms with Gasteiger partial charge >= 0.3 is 0 Å². The lowest BCUT2D eigenvalue weighted by Crippen LogP contribution is -2.39. The zero-order valence-electron chi connectivity index (χ0n) is 14.8. The van der Waals surface area contributed by atoms with Gasteiger partial charge in [-0.25, -0.2) is 4.98 Å². The number of aryl methyl sites for hydroxylation is 1. The van der Waals surface area contributed by atoms with E-state index < -0.39 is 0 Å². The predicted octanol–water partition coefficient (Wildman–Crippen LogP) is 2.78. The van der Waals surface area contributed by atoms with Gasteiger partial charge in [0.15, 0.2) is 5.82 Å². The molecule has 0 spiro atoms. The summed E-state index contributed by atoms with van der Waals surface area (Å²) in [5.41, 5.74) is 3.86. The van der Waals surface area contributed by atoms with Gasteiger partial charge in [0, 0.05) is 30.3 Å². The molecular formula is C19H22N6O. The molecule has 7 nitrogen and oxygen atoms in total. The predicted molar refractivity (Wildman–Crippen MR) is 97.7 cm³/mol. The third kappa shape index (κ3) is 3.00. The molecule has 1 aliphatic heterocycles. The second-order valence-electron chi connectivity index (χ2n) is 6.63. The summed E-state index contributed by atoms with van der Waals surface area (Å²) in [7, 11) is 0. The Morgan fingerprint density at radius 1 is 1.27 bits per heavy atom. The zero-order chi connectivity index (χ0) is 17.9. The Labute approximate surface area is 151 Å². The van der Waals surface area contributed by atoms with E-state index in [-0.39, 0.29) is 5.91 Å². The van der Waals surface area contributed by atoms with Crippen molar-refractivity contribution in [2.45, 2.75) is 32.1 Å². The van der Waals surface area contributed by atoms with Crippen LogP contribution < -0.4 is 0 Å². The van der Waals surface area contributed by atoms with E-state index >= 15 is 0 Å². The third-order valence-electron chi connectivity index (χ3n) is 5.08. The summed E-state index contributed by atoms with van der Waals surface area (Å²) in [4.78, 5) is 19.4. The summed E-state index contributed by atoms with van der Waals surface area (Å²) in [6, 6.07) is 7.56. The Balaban J connectivity index is 1.59. The summed E-state index contributed by atoms with van der Waals surface area (Å²) in [5, 5.41) is 14.1. The maximum Gasteiger partial charge on any atom is 0.254 e. The minimum absolute atomic E-state index is 0.0410. The van der Waals surface area contributed by atoms with Gasteiger partial charge in [0.25, 0.3) is 5.91 Å². The van der Waals surface area contributed by atoms with Crippen LogP contribution in [0.15, 0.2) is 36.8 Å². The lowest BCUT2D eigenvalue weighted by atomic mass is 9.91. The van der Waals surface area contributed by atoms with Crippen LogP contribution >= 0.6 is 0 Å². The van der Waals surface area contributed by atoms with E-state index in [1.165, 1.54) is 17.6 Å². The molecule has 26 heavy (non-hydrogen) atoms. The molecule has 134 valence electrons. The Kier molecular flexibility index (Phi) is 4.51. The van der Waals surface area contributed by atoms with E-state index in [1.54, 1.807) is 0 Å². The monoisotopic (exact) mass is 350 g/mol. The number of carbonyl (C=O) groups excluding carboxylic acids is 1. The van der Waals surface area contributed by atoms with Gasteiger partial charge in [-0.3, -0.25) is 15.0 Å². The molecule has 1 saturated heterocycles. The Hall–Kier alpha value is -2.96. The summed E-state index contributed by atoms with van der Waals surface area (Å²) < 4.78 is 0. The number of amides is 1. The highest BCUT2D eigenvalue weighted by Crippen LogP contribution is 2.30. The quantitative estimate of drug-likeness (QED) is 0.757. The van der Waals surface area contributed by atoms with Crippen LogP contribution in [0.2, 0.25) is 0 Å². The maximum absolute atomic E-state index is 13.2. The number of likely N-dealkylation sites (tertiary alicyclic amines) is 1. The average molecular weight is 350 g/mol. The highest BCUT2D eigenvalue weighted by atomic mass is 16.2. The minimum atomic E-state index is 0.0410. The largest absolute Gasteiger partial charge is 0.338 e. The van der Waals surface area contributed by atoms with Crippen LogP contribution in [0.1, 0.15) is 47.3 Å². The second-order valence-corrected chi connectivity index (χ2v) is 6.63. The van der Waals surface area contributed by atoms with E-state index in [0.717, 1.165) is 31.4 Å². The van der Waals surface area contributed by atoms with Gasteiger partial charge in [0.1, 0.15) is 6.33 Å². The van der Waals surface area contributed by atoms with Crippen molar-refractivity contribution in [1.29, 1.82) is 0 Å². The van der Waals surface area contributed by atoms with Gasteiger partial charge in [0.2, 0.25) is 0 Å². The number of hydrogen-bond acceptors (Lipinski definition) is 4. The summed E-state index contributed by atoms with van der Waals surface area (Å²) in [6.45, 7) is 3.61. The lowest BCUT2D eigenvalue weighted by Gasteiger charge is -2.33. The van der Waals surface area contributed by atoms with Crippen molar-refractivity contribution in [3.8, 4) is 11.4 Å². The van der Waals surface area contributed by atoms with Gasteiger partial charge in [-0.1, -0.05) is 25.1 Å². The van der Waals surface area contributed by atoms with Crippen LogP contribution in [0.3, 0.4) is 0 Å². The van der Waals surface area contributed by atoms with E-state index in [4.69, 9.17) is 0 Å². The molecule has 0 saturated carbocycles. The molecule has 2 N–H and O–H groups in total. The second kappa shape index (κ2) is 7.11. The van der Waals surface area contributed by atoms with Crippen LogP contribution in [0.5, 0.6) is 0 Å². The SMILES string of the molecule is CCc1cn[nH]c1[C@H]1CCCN(C(=O)c2ccccc2-c2ncn[nH]2)C1. The Morgan fingerprint density at radius 2 is 2.15 bits per heavy atom. The van der Waals surface area contributed by atoms with E-state index in [0.29, 0.717) is 23.9 Å². The van der Waals surface area contributed by atoms with E-state index in [9.17, 15) is 4.79 Å². The molecular weight excluding hydrogens is 328 g/mol. The van der Waals surface area contributed by atoms with Crippen molar-refractivity contribution in [1.82, 2.24) is 30.3 Å². The number of aromatic amines is 2. The van der Waals surface area contributed by atoms with Gasteiger partial charge in [-0.05, 0) is 30.9 Å². The Bertz CT molecular complexity index is 885. The zero-order valence-corrected chi connectivity index (χ0v) is 14.8. The average Bonchev–Trinajstić information content (AvgIpc) is 3.39. The summed E-state index contributed by atoms with van der Waals surface area (Å²) in [5.74, 6) is 0.964. The lowest BCUT2D eigenvalue weighted by molar-refractivity contribution is 0.0706. The molecule has 3 heterocycles. The molecule has 3 aromatic rings. The molecule has 0 bridgehead atoms. The molecule has 1 aliphatic rings. The number of piperidine rings is 1. The van der Waals surface area contributed by atoms with Gasteiger partial charge < -0.3 is 4.90 Å². The van der Waals surface area contributed by atoms with Crippen LogP contribution in [0.4, 0.5) is 0 Å². The van der Waals surface area contributed by atoms with Gasteiger partial charge in [0.05, 0.1) is 11.8 Å². The number of hydrogen-bond donors (Lipinski definition) is 2. The topological polar surface area (TPSA) is 90.6 Å². The third-order valence-corrected chi connectivity index (χ3v) is 5.08. The summed E-state index contributed by atoms with van der Waals surface area (Å²) >= 11 is 0. The first-order valence-electron chi connectivity index (χ1n) is 9.04.